The van der Waals surface area contributed by atoms with E-state index in [1.807, 2.05) is 6.92 Å². The van der Waals surface area contributed by atoms with Crippen molar-refractivity contribution < 1.29 is 14.3 Å². The number of aromatic nitrogens is 2. The first-order valence-corrected chi connectivity index (χ1v) is 9.60. The number of hydrogen-bond donors (Lipinski definition) is 2. The number of hydrogen-bond acceptors (Lipinski definition) is 6. The molecule has 3 N–H and O–H groups in total. The number of nitrogens with two attached hydrogens (primary N) is 1. The van der Waals surface area contributed by atoms with Gasteiger partial charge in [-0.15, -0.1) is 11.3 Å². The molecule has 9 heteroatoms. The molecule has 3 aromatic rings. The van der Waals surface area contributed by atoms with Crippen molar-refractivity contribution in [2.45, 2.75) is 20.8 Å². The van der Waals surface area contributed by atoms with Crippen molar-refractivity contribution in [3.63, 3.8) is 0 Å². The first kappa shape index (κ1) is 18.2. The monoisotopic (exact) mass is 397 g/mol. The lowest BCUT2D eigenvalue weighted by Gasteiger charge is -2.29. The van der Waals surface area contributed by atoms with Crippen LogP contribution in [0.4, 0.5) is 21.9 Å². The minimum Gasteiger partial charge on any atom is -0.477 e. The number of anilines is 3. The second-order valence-corrected chi connectivity index (χ2v) is 7.96. The van der Waals surface area contributed by atoms with E-state index in [4.69, 9.17) is 10.5 Å². The van der Waals surface area contributed by atoms with Crippen LogP contribution in [-0.4, -0.2) is 28.5 Å². The number of carbonyl (C=O) groups excluding carboxylic acids is 2. The predicted molar refractivity (Wildman–Crippen MR) is 109 cm³/mol. The smallest absolute Gasteiger partial charge is 0.331 e. The highest BCUT2D eigenvalue weighted by molar-refractivity contribution is 7.21. The zero-order valence-electron chi connectivity index (χ0n) is 15.6. The summed E-state index contributed by atoms with van der Waals surface area (Å²) in [7, 11) is 0. The molecule has 4 heterocycles. The van der Waals surface area contributed by atoms with Crippen molar-refractivity contribution in [3.8, 4) is 5.88 Å². The molecular weight excluding hydrogens is 378 g/mol. The number of nitrogens with zero attached hydrogens (tertiary/aromatic N) is 3. The molecule has 4 rings (SSSR count). The van der Waals surface area contributed by atoms with Crippen LogP contribution in [0.1, 0.15) is 29.1 Å². The summed E-state index contributed by atoms with van der Waals surface area (Å²) < 4.78 is 5.67. The molecule has 1 aliphatic heterocycles. The van der Waals surface area contributed by atoms with Crippen LogP contribution in [-0.2, 0) is 0 Å². The predicted octanol–water partition coefficient (Wildman–Crippen LogP) is 3.82. The Morgan fingerprint density at radius 3 is 2.86 bits per heavy atom. The van der Waals surface area contributed by atoms with E-state index in [1.54, 1.807) is 24.5 Å². The van der Waals surface area contributed by atoms with Gasteiger partial charge >= 0.3 is 6.03 Å². The fourth-order valence-corrected chi connectivity index (χ4v) is 4.09. The van der Waals surface area contributed by atoms with Crippen LogP contribution in [0.2, 0.25) is 0 Å². The second kappa shape index (κ2) is 6.75. The Morgan fingerprint density at radius 2 is 2.18 bits per heavy atom. The van der Waals surface area contributed by atoms with Crippen LogP contribution in [0, 0.1) is 12.8 Å². The molecule has 3 amide bonds. The van der Waals surface area contributed by atoms with Gasteiger partial charge in [-0.2, -0.15) is 0 Å². The molecule has 0 aliphatic carbocycles. The van der Waals surface area contributed by atoms with Gasteiger partial charge in [0.1, 0.15) is 9.71 Å². The fourth-order valence-electron chi connectivity index (χ4n) is 3.08. The van der Waals surface area contributed by atoms with E-state index in [9.17, 15) is 9.59 Å². The third-order valence-corrected chi connectivity index (χ3v) is 5.42. The van der Waals surface area contributed by atoms with E-state index in [2.05, 4.69) is 29.1 Å². The highest BCUT2D eigenvalue weighted by Gasteiger charge is 2.34. The van der Waals surface area contributed by atoms with Crippen LogP contribution < -0.4 is 20.7 Å². The molecule has 0 saturated carbocycles. The van der Waals surface area contributed by atoms with Gasteiger partial charge in [0, 0.05) is 12.3 Å². The maximum absolute atomic E-state index is 12.9. The van der Waals surface area contributed by atoms with Crippen LogP contribution in [0.3, 0.4) is 0 Å². The number of urea groups is 1. The molecule has 0 saturated heterocycles. The molecule has 144 valence electrons. The van der Waals surface area contributed by atoms with E-state index in [-0.39, 0.29) is 10.9 Å². The minimum absolute atomic E-state index is 0.282. The summed E-state index contributed by atoms with van der Waals surface area (Å²) in [6.45, 7) is 6.51. The van der Waals surface area contributed by atoms with Gasteiger partial charge in [-0.1, -0.05) is 13.8 Å². The van der Waals surface area contributed by atoms with E-state index < -0.39 is 5.91 Å². The van der Waals surface area contributed by atoms with Gasteiger partial charge in [-0.25, -0.2) is 14.8 Å². The summed E-state index contributed by atoms with van der Waals surface area (Å²) >= 11 is 1.17. The lowest BCUT2D eigenvalue weighted by atomic mass is 10.1. The van der Waals surface area contributed by atoms with Crippen LogP contribution in [0.15, 0.2) is 24.5 Å². The normalized spacial score (nSPS) is 13.1. The molecule has 0 fully saturated rings. The Morgan fingerprint density at radius 1 is 1.39 bits per heavy atom. The topological polar surface area (TPSA) is 110 Å². The van der Waals surface area contributed by atoms with E-state index in [0.717, 1.165) is 5.56 Å². The number of carbonyl (C=O) groups is 2. The maximum atomic E-state index is 12.9. The lowest BCUT2D eigenvalue weighted by Crippen LogP contribution is -2.35. The Bertz CT molecular complexity index is 1110. The van der Waals surface area contributed by atoms with Gasteiger partial charge in [0.25, 0.3) is 5.91 Å². The van der Waals surface area contributed by atoms with Crippen molar-refractivity contribution in [1.82, 2.24) is 9.97 Å². The first-order chi connectivity index (χ1) is 13.4. The molecule has 0 aromatic carbocycles. The lowest BCUT2D eigenvalue weighted by molar-refractivity contribution is 0.100. The van der Waals surface area contributed by atoms with Crippen molar-refractivity contribution in [2.75, 3.05) is 16.8 Å². The van der Waals surface area contributed by atoms with E-state index in [1.165, 1.54) is 16.2 Å². The molecule has 0 bridgehead atoms. The zero-order chi connectivity index (χ0) is 20.0. The van der Waals surface area contributed by atoms with Gasteiger partial charge in [0.2, 0.25) is 5.88 Å². The maximum Gasteiger partial charge on any atom is 0.331 e. The van der Waals surface area contributed by atoms with Crippen molar-refractivity contribution >= 4 is 50.6 Å². The molecule has 1 aliphatic rings. The summed E-state index contributed by atoms with van der Waals surface area (Å²) in [5.41, 5.74) is 7.97. The van der Waals surface area contributed by atoms with Gasteiger partial charge in [0.05, 0.1) is 35.3 Å². The number of primary amides is 1. The van der Waals surface area contributed by atoms with Crippen LogP contribution >= 0.6 is 11.3 Å². The standard InChI is InChI=1S/C19H19N5O3S/c1-9(2)8-27-13-6-10(3)12(7-22-13)24-15-14-11(23-19(24)26)4-5-21-18(14)28-16(15)17(20)25/h4-7,9H,8H2,1-3H3,(H2,20,25)(H,23,26). The molecule has 0 radical (unpaired) electrons. The SMILES string of the molecule is Cc1cc(OCC(C)C)ncc1N1C(=O)Nc2ccnc3sc(C(N)=O)c1c23. The molecular formula is C19H19N5O3S. The largest absolute Gasteiger partial charge is 0.477 e. The number of aryl methyl sites for hydroxylation is 1. The van der Waals surface area contributed by atoms with Gasteiger partial charge in [-0.3, -0.25) is 9.69 Å². The summed E-state index contributed by atoms with van der Waals surface area (Å²) in [6.07, 6.45) is 3.16. The zero-order valence-corrected chi connectivity index (χ0v) is 16.5. The van der Waals surface area contributed by atoms with Gasteiger partial charge in [0.15, 0.2) is 0 Å². The highest BCUT2D eigenvalue weighted by atomic mass is 32.1. The number of pyridine rings is 2. The summed E-state index contributed by atoms with van der Waals surface area (Å²) in [6, 6.07) is 3.09. The Hall–Kier alpha value is -3.20. The third kappa shape index (κ3) is 2.93. The van der Waals surface area contributed by atoms with Crippen LogP contribution in [0.25, 0.3) is 10.2 Å². The van der Waals surface area contributed by atoms with Crippen molar-refractivity contribution in [1.29, 1.82) is 0 Å². The summed E-state index contributed by atoms with van der Waals surface area (Å²) in [5, 5.41) is 3.54. The third-order valence-electron chi connectivity index (χ3n) is 4.32. The number of thiophene rings is 1. The van der Waals surface area contributed by atoms with E-state index >= 15 is 0 Å². The number of rotatable bonds is 5. The average Bonchev–Trinajstić information content (AvgIpc) is 3.02. The molecule has 0 spiro atoms. The second-order valence-electron chi connectivity index (χ2n) is 6.96. The number of amides is 3. The first-order valence-electron chi connectivity index (χ1n) is 8.78. The average molecular weight is 397 g/mol. The summed E-state index contributed by atoms with van der Waals surface area (Å²) in [5.74, 6) is 0.252. The number of ether oxygens (including phenoxy) is 1. The molecule has 3 aromatic heterocycles. The van der Waals surface area contributed by atoms with Crippen LogP contribution in [0.5, 0.6) is 5.88 Å². The Kier molecular flexibility index (Phi) is 4.38. The quantitative estimate of drug-likeness (QED) is 0.680. The van der Waals surface area contributed by atoms with Gasteiger partial charge < -0.3 is 15.8 Å². The Balaban J connectivity index is 1.85. The molecule has 0 unspecified atom stereocenters. The molecule has 8 nitrogen and oxygen atoms in total. The van der Waals surface area contributed by atoms with E-state index in [0.29, 0.717) is 45.7 Å². The van der Waals surface area contributed by atoms with Crippen molar-refractivity contribution in [3.05, 3.63) is 35.0 Å². The molecule has 28 heavy (non-hydrogen) atoms. The Labute approximate surface area is 165 Å². The van der Waals surface area contributed by atoms with Crippen molar-refractivity contribution in [2.24, 2.45) is 11.7 Å². The molecule has 0 atom stereocenters. The van der Waals surface area contributed by atoms with Gasteiger partial charge in [-0.05, 0) is 24.5 Å². The highest BCUT2D eigenvalue weighted by Crippen LogP contribution is 2.47. The fraction of sp³-hybridized carbons (Fsp3) is 0.263. The minimum atomic E-state index is -0.605. The number of nitrogens with one attached hydrogen (secondary N) is 1. The summed E-state index contributed by atoms with van der Waals surface area (Å²) in [4.78, 5) is 36.0.